The first-order valence-corrected chi connectivity index (χ1v) is 10.2. The van der Waals surface area contributed by atoms with Crippen molar-refractivity contribution in [3.05, 3.63) is 57.8 Å². The standard InChI is InChI=1S/C21H28N2OS/c1-17(7-8-18-5-3-2-4-6-18)15-21(24)22-11-13-23-12-9-20-19(16-23)10-14-25-20/h2-6,10,14,17H,7-9,11-13,15-16H2,1H3,(H,22,24). The van der Waals surface area contributed by atoms with Crippen molar-refractivity contribution in [1.29, 1.82) is 0 Å². The van der Waals surface area contributed by atoms with Gasteiger partial charge in [-0.3, -0.25) is 9.69 Å². The minimum atomic E-state index is 0.189. The fourth-order valence-electron chi connectivity index (χ4n) is 3.40. The predicted molar refractivity (Wildman–Crippen MR) is 105 cm³/mol. The molecule has 0 radical (unpaired) electrons. The molecule has 134 valence electrons. The van der Waals surface area contributed by atoms with Gasteiger partial charge in [0.25, 0.3) is 0 Å². The maximum absolute atomic E-state index is 12.1. The van der Waals surface area contributed by atoms with Gasteiger partial charge in [-0.15, -0.1) is 11.3 Å². The molecule has 4 heteroatoms. The van der Waals surface area contributed by atoms with Crippen molar-refractivity contribution in [2.75, 3.05) is 19.6 Å². The van der Waals surface area contributed by atoms with Gasteiger partial charge in [0.1, 0.15) is 0 Å². The van der Waals surface area contributed by atoms with Crippen LogP contribution < -0.4 is 5.32 Å². The molecule has 0 saturated heterocycles. The molecular formula is C21H28N2OS. The Hall–Kier alpha value is -1.65. The Kier molecular flexibility index (Phi) is 6.65. The third kappa shape index (κ3) is 5.68. The fraction of sp³-hybridized carbons (Fsp3) is 0.476. The Morgan fingerprint density at radius 2 is 2.12 bits per heavy atom. The Morgan fingerprint density at radius 3 is 2.96 bits per heavy atom. The number of rotatable bonds is 8. The van der Waals surface area contributed by atoms with E-state index in [2.05, 4.69) is 52.9 Å². The summed E-state index contributed by atoms with van der Waals surface area (Å²) >= 11 is 1.87. The van der Waals surface area contributed by atoms with E-state index < -0.39 is 0 Å². The van der Waals surface area contributed by atoms with E-state index in [1.165, 1.54) is 16.0 Å². The number of nitrogens with one attached hydrogen (secondary N) is 1. The zero-order valence-electron chi connectivity index (χ0n) is 15.0. The number of hydrogen-bond donors (Lipinski definition) is 1. The monoisotopic (exact) mass is 356 g/mol. The van der Waals surface area contributed by atoms with E-state index in [0.29, 0.717) is 12.3 Å². The summed E-state index contributed by atoms with van der Waals surface area (Å²) < 4.78 is 0. The lowest BCUT2D eigenvalue weighted by Crippen LogP contribution is -2.37. The second kappa shape index (κ2) is 9.16. The van der Waals surface area contributed by atoms with Crippen molar-refractivity contribution >= 4 is 17.2 Å². The Morgan fingerprint density at radius 1 is 1.28 bits per heavy atom. The molecule has 1 aliphatic rings. The highest BCUT2D eigenvalue weighted by Crippen LogP contribution is 2.23. The van der Waals surface area contributed by atoms with E-state index in [1.54, 1.807) is 0 Å². The Bertz CT molecular complexity index is 668. The molecule has 0 spiro atoms. The van der Waals surface area contributed by atoms with E-state index in [0.717, 1.165) is 45.4 Å². The van der Waals surface area contributed by atoms with Gasteiger partial charge in [0.15, 0.2) is 0 Å². The van der Waals surface area contributed by atoms with Gasteiger partial charge in [0.05, 0.1) is 0 Å². The van der Waals surface area contributed by atoms with Gasteiger partial charge in [0, 0.05) is 37.5 Å². The fourth-order valence-corrected chi connectivity index (χ4v) is 4.29. The second-order valence-corrected chi connectivity index (χ2v) is 8.08. The van der Waals surface area contributed by atoms with Gasteiger partial charge in [-0.2, -0.15) is 0 Å². The van der Waals surface area contributed by atoms with Crippen LogP contribution in [0.25, 0.3) is 0 Å². The summed E-state index contributed by atoms with van der Waals surface area (Å²) in [7, 11) is 0. The molecule has 0 aliphatic carbocycles. The highest BCUT2D eigenvalue weighted by molar-refractivity contribution is 7.10. The summed E-state index contributed by atoms with van der Waals surface area (Å²) in [5.41, 5.74) is 2.82. The third-order valence-electron chi connectivity index (χ3n) is 4.94. The van der Waals surface area contributed by atoms with Crippen molar-refractivity contribution in [2.45, 2.75) is 39.2 Å². The van der Waals surface area contributed by atoms with Gasteiger partial charge in [-0.05, 0) is 47.8 Å². The molecule has 1 N–H and O–H groups in total. The number of benzene rings is 1. The Balaban J connectivity index is 1.30. The van der Waals surface area contributed by atoms with Crippen LogP contribution in [-0.2, 0) is 24.2 Å². The van der Waals surface area contributed by atoms with Crippen LogP contribution in [0.5, 0.6) is 0 Å². The first-order chi connectivity index (χ1) is 12.2. The topological polar surface area (TPSA) is 32.3 Å². The molecule has 1 aliphatic heterocycles. The van der Waals surface area contributed by atoms with Crippen LogP contribution in [0.1, 0.15) is 35.8 Å². The lowest BCUT2D eigenvalue weighted by Gasteiger charge is -2.26. The molecule has 3 nitrogen and oxygen atoms in total. The number of hydrogen-bond acceptors (Lipinski definition) is 3. The highest BCUT2D eigenvalue weighted by Gasteiger charge is 2.17. The number of carbonyl (C=O) groups excluding carboxylic acids is 1. The number of amides is 1. The van der Waals surface area contributed by atoms with Crippen LogP contribution in [0.3, 0.4) is 0 Å². The summed E-state index contributed by atoms with van der Waals surface area (Å²) in [5, 5.41) is 5.29. The van der Waals surface area contributed by atoms with E-state index >= 15 is 0 Å². The van der Waals surface area contributed by atoms with E-state index in [1.807, 2.05) is 17.4 Å². The van der Waals surface area contributed by atoms with Crippen LogP contribution >= 0.6 is 11.3 Å². The smallest absolute Gasteiger partial charge is 0.220 e. The minimum Gasteiger partial charge on any atom is -0.355 e. The Labute approximate surface area is 155 Å². The van der Waals surface area contributed by atoms with Gasteiger partial charge in [-0.25, -0.2) is 0 Å². The molecule has 25 heavy (non-hydrogen) atoms. The van der Waals surface area contributed by atoms with E-state index in [9.17, 15) is 4.79 Å². The van der Waals surface area contributed by atoms with E-state index in [4.69, 9.17) is 0 Å². The molecule has 0 saturated carbocycles. The average molecular weight is 357 g/mol. The molecule has 2 heterocycles. The maximum Gasteiger partial charge on any atom is 0.220 e. The predicted octanol–water partition coefficient (Wildman–Crippen LogP) is 3.88. The molecule has 1 aromatic carbocycles. The molecule has 1 unspecified atom stereocenters. The van der Waals surface area contributed by atoms with Gasteiger partial charge >= 0.3 is 0 Å². The molecule has 1 amide bonds. The molecule has 1 atom stereocenters. The highest BCUT2D eigenvalue weighted by atomic mass is 32.1. The van der Waals surface area contributed by atoms with Crippen LogP contribution in [0, 0.1) is 5.92 Å². The maximum atomic E-state index is 12.1. The molecule has 0 bridgehead atoms. The van der Waals surface area contributed by atoms with Crippen LogP contribution in [0.15, 0.2) is 41.8 Å². The number of nitrogens with zero attached hydrogens (tertiary/aromatic N) is 1. The van der Waals surface area contributed by atoms with Crippen molar-refractivity contribution in [1.82, 2.24) is 10.2 Å². The largest absolute Gasteiger partial charge is 0.355 e. The number of thiophene rings is 1. The lowest BCUT2D eigenvalue weighted by atomic mass is 9.98. The van der Waals surface area contributed by atoms with Gasteiger partial charge in [0.2, 0.25) is 5.91 Å². The van der Waals surface area contributed by atoms with E-state index in [-0.39, 0.29) is 5.91 Å². The first-order valence-electron chi connectivity index (χ1n) is 9.29. The second-order valence-electron chi connectivity index (χ2n) is 7.08. The molecule has 0 fully saturated rings. The molecule has 1 aromatic heterocycles. The van der Waals surface area contributed by atoms with Gasteiger partial charge < -0.3 is 5.32 Å². The van der Waals surface area contributed by atoms with Crippen molar-refractivity contribution in [3.63, 3.8) is 0 Å². The molecular weight excluding hydrogens is 328 g/mol. The quantitative estimate of drug-likeness (QED) is 0.778. The van der Waals surface area contributed by atoms with Crippen molar-refractivity contribution in [3.8, 4) is 0 Å². The molecule has 3 rings (SSSR count). The zero-order valence-corrected chi connectivity index (χ0v) is 15.9. The van der Waals surface area contributed by atoms with Crippen LogP contribution in [0.4, 0.5) is 0 Å². The number of carbonyl (C=O) groups is 1. The summed E-state index contributed by atoms with van der Waals surface area (Å²) in [6.45, 7) is 6.01. The van der Waals surface area contributed by atoms with Crippen LogP contribution in [0.2, 0.25) is 0 Å². The SMILES string of the molecule is CC(CCc1ccccc1)CC(=O)NCCN1CCc2sccc2C1. The third-order valence-corrected chi connectivity index (χ3v) is 5.96. The van der Waals surface area contributed by atoms with Crippen molar-refractivity contribution in [2.24, 2.45) is 5.92 Å². The number of fused-ring (bicyclic) bond motifs is 1. The van der Waals surface area contributed by atoms with Crippen molar-refractivity contribution < 1.29 is 4.79 Å². The first kappa shape index (κ1) is 18.2. The van der Waals surface area contributed by atoms with Gasteiger partial charge in [-0.1, -0.05) is 37.3 Å². The summed E-state index contributed by atoms with van der Waals surface area (Å²) in [6.07, 6.45) is 3.88. The lowest BCUT2D eigenvalue weighted by molar-refractivity contribution is -0.122. The normalized spacial score (nSPS) is 15.6. The summed E-state index contributed by atoms with van der Waals surface area (Å²) in [5.74, 6) is 0.609. The zero-order chi connectivity index (χ0) is 17.5. The summed E-state index contributed by atoms with van der Waals surface area (Å²) in [6, 6.07) is 12.7. The number of aryl methyl sites for hydroxylation is 1. The summed E-state index contributed by atoms with van der Waals surface area (Å²) in [4.78, 5) is 16.1. The van der Waals surface area contributed by atoms with Crippen LogP contribution in [-0.4, -0.2) is 30.4 Å². The minimum absolute atomic E-state index is 0.189. The molecule has 2 aromatic rings. The average Bonchev–Trinajstić information content (AvgIpc) is 3.08.